The van der Waals surface area contributed by atoms with E-state index in [1.54, 1.807) is 0 Å². The van der Waals surface area contributed by atoms with Gasteiger partial charge in [-0.25, -0.2) is 22.5 Å². The molecule has 0 fully saturated rings. The summed E-state index contributed by atoms with van der Waals surface area (Å²) in [5.41, 5.74) is 0. The molecule has 0 unspecified atom stereocenters. The Kier molecular flexibility index (Phi) is 6.33. The second kappa shape index (κ2) is 7.52. The average Bonchev–Trinajstić information content (AvgIpc) is 2.33. The largest absolute Gasteiger partial charge is 0.380 e. The third-order valence-corrected chi connectivity index (χ3v) is 3.75. The highest BCUT2D eigenvalue weighted by molar-refractivity contribution is 7.89. The zero-order valence-corrected chi connectivity index (χ0v) is 11.9. The fraction of sp³-hybridized carbons (Fsp3) is 0.583. The zero-order chi connectivity index (χ0) is 14.3. The van der Waals surface area contributed by atoms with Crippen LogP contribution in [0, 0.1) is 11.7 Å². The van der Waals surface area contributed by atoms with Crippen molar-refractivity contribution in [3.63, 3.8) is 0 Å². The molecule has 1 heterocycles. The summed E-state index contributed by atoms with van der Waals surface area (Å²) in [6.45, 7) is 5.08. The molecule has 0 spiro atoms. The topological polar surface area (TPSA) is 68.3 Å². The lowest BCUT2D eigenvalue weighted by Crippen LogP contribution is -2.29. The fourth-order valence-electron chi connectivity index (χ4n) is 1.31. The van der Waals surface area contributed by atoms with Gasteiger partial charge in [0.05, 0.1) is 6.61 Å². The van der Waals surface area contributed by atoms with E-state index >= 15 is 0 Å². The number of ether oxygens (including phenoxy) is 1. The molecule has 1 aromatic heterocycles. The van der Waals surface area contributed by atoms with Crippen molar-refractivity contribution in [3.05, 3.63) is 24.1 Å². The first kappa shape index (κ1) is 16.0. The van der Waals surface area contributed by atoms with E-state index in [9.17, 15) is 12.8 Å². The molecule has 7 heteroatoms. The summed E-state index contributed by atoms with van der Waals surface area (Å²) < 4.78 is 44.3. The number of nitrogens with zero attached hydrogens (tertiary/aromatic N) is 1. The molecule has 0 aliphatic carbocycles. The Morgan fingerprint density at radius 3 is 2.79 bits per heavy atom. The van der Waals surface area contributed by atoms with Gasteiger partial charge in [-0.1, -0.05) is 13.8 Å². The van der Waals surface area contributed by atoms with E-state index in [4.69, 9.17) is 4.74 Å². The Labute approximate surface area is 113 Å². The summed E-state index contributed by atoms with van der Waals surface area (Å²) >= 11 is 0. The molecule has 5 nitrogen and oxygen atoms in total. The first-order valence-corrected chi connectivity index (χ1v) is 7.59. The van der Waals surface area contributed by atoms with Crippen molar-refractivity contribution < 1.29 is 17.5 Å². The van der Waals surface area contributed by atoms with Gasteiger partial charge in [-0.2, -0.15) is 0 Å². The normalized spacial score (nSPS) is 12.0. The van der Waals surface area contributed by atoms with Crippen molar-refractivity contribution in [1.29, 1.82) is 0 Å². The maximum absolute atomic E-state index is 13.3. The first-order valence-electron chi connectivity index (χ1n) is 6.11. The summed E-state index contributed by atoms with van der Waals surface area (Å²) in [6, 6.07) is 2.39. The van der Waals surface area contributed by atoms with Crippen LogP contribution >= 0.6 is 0 Å². The van der Waals surface area contributed by atoms with E-state index in [-0.39, 0.29) is 13.2 Å². The van der Waals surface area contributed by atoms with E-state index in [1.807, 2.05) is 0 Å². The number of hydrogen-bond donors (Lipinski definition) is 1. The summed E-state index contributed by atoms with van der Waals surface area (Å²) in [4.78, 5) is 3.52. The first-order chi connectivity index (χ1) is 8.93. The predicted molar refractivity (Wildman–Crippen MR) is 69.7 cm³/mol. The van der Waals surface area contributed by atoms with E-state index in [0.717, 1.165) is 12.5 Å². The Hall–Kier alpha value is -1.05. The van der Waals surface area contributed by atoms with Gasteiger partial charge in [0, 0.05) is 19.3 Å². The van der Waals surface area contributed by atoms with Crippen LogP contribution in [0.3, 0.4) is 0 Å². The number of aromatic nitrogens is 1. The van der Waals surface area contributed by atoms with Crippen molar-refractivity contribution in [2.24, 2.45) is 5.92 Å². The van der Waals surface area contributed by atoms with Gasteiger partial charge in [-0.05, 0) is 24.5 Å². The highest BCUT2D eigenvalue weighted by Gasteiger charge is 2.19. The quantitative estimate of drug-likeness (QED) is 0.738. The van der Waals surface area contributed by atoms with Crippen LogP contribution in [0.1, 0.15) is 20.3 Å². The van der Waals surface area contributed by atoms with Crippen molar-refractivity contribution in [2.75, 3.05) is 19.8 Å². The molecule has 19 heavy (non-hydrogen) atoms. The standard InChI is InChI=1S/C12H19FN2O3S/c1-10(2)5-8-18-9-7-15-19(16,17)12-11(13)4-3-6-14-12/h3-4,6,10,15H,5,7-9H2,1-2H3. The molecule has 0 bridgehead atoms. The lowest BCUT2D eigenvalue weighted by atomic mass is 10.1. The summed E-state index contributed by atoms with van der Waals surface area (Å²) in [6.07, 6.45) is 2.15. The second-order valence-electron chi connectivity index (χ2n) is 4.48. The minimum Gasteiger partial charge on any atom is -0.380 e. The third-order valence-electron chi connectivity index (χ3n) is 2.36. The van der Waals surface area contributed by atoms with Crippen LogP contribution in [0.15, 0.2) is 23.4 Å². The molecule has 0 aliphatic heterocycles. The van der Waals surface area contributed by atoms with E-state index < -0.39 is 20.9 Å². The maximum atomic E-state index is 13.3. The maximum Gasteiger partial charge on any atom is 0.261 e. The van der Waals surface area contributed by atoms with Crippen LogP contribution in [0.25, 0.3) is 0 Å². The third kappa shape index (κ3) is 5.63. The van der Waals surface area contributed by atoms with Crippen LogP contribution < -0.4 is 4.72 Å². The molecule has 0 aromatic carbocycles. The molecular formula is C12H19FN2O3S. The number of sulfonamides is 1. The highest BCUT2D eigenvalue weighted by atomic mass is 32.2. The van der Waals surface area contributed by atoms with Crippen LogP contribution in [0.5, 0.6) is 0 Å². The van der Waals surface area contributed by atoms with Crippen LogP contribution in [0.4, 0.5) is 4.39 Å². The molecule has 1 rings (SSSR count). The van der Waals surface area contributed by atoms with E-state index in [2.05, 4.69) is 23.6 Å². The van der Waals surface area contributed by atoms with Gasteiger partial charge in [-0.3, -0.25) is 0 Å². The Morgan fingerprint density at radius 1 is 1.42 bits per heavy atom. The van der Waals surface area contributed by atoms with E-state index in [0.29, 0.717) is 12.5 Å². The Bertz CT molecular complexity index is 492. The van der Waals surface area contributed by atoms with Crippen LogP contribution in [-0.4, -0.2) is 33.2 Å². The molecule has 0 atom stereocenters. The summed E-state index contributed by atoms with van der Waals surface area (Å²) in [7, 11) is -3.91. The molecule has 0 saturated heterocycles. The van der Waals surface area contributed by atoms with Gasteiger partial charge >= 0.3 is 0 Å². The minimum atomic E-state index is -3.91. The molecule has 1 aromatic rings. The van der Waals surface area contributed by atoms with Crippen LogP contribution in [0.2, 0.25) is 0 Å². The second-order valence-corrected chi connectivity index (χ2v) is 6.17. The van der Waals surface area contributed by atoms with Crippen molar-refractivity contribution >= 4 is 10.0 Å². The average molecular weight is 290 g/mol. The van der Waals surface area contributed by atoms with Gasteiger partial charge in [0.2, 0.25) is 5.03 Å². The highest BCUT2D eigenvalue weighted by Crippen LogP contribution is 2.09. The van der Waals surface area contributed by atoms with Crippen molar-refractivity contribution in [1.82, 2.24) is 9.71 Å². The summed E-state index contributed by atoms with van der Waals surface area (Å²) in [5, 5.41) is -0.586. The fourth-order valence-corrected chi connectivity index (χ4v) is 2.32. The monoisotopic (exact) mass is 290 g/mol. The van der Waals surface area contributed by atoms with Gasteiger partial charge in [0.15, 0.2) is 5.82 Å². The Balaban J connectivity index is 2.38. The van der Waals surface area contributed by atoms with Gasteiger partial charge in [-0.15, -0.1) is 0 Å². The molecule has 1 N–H and O–H groups in total. The molecule has 0 saturated carbocycles. The molecule has 108 valence electrons. The number of pyridine rings is 1. The van der Waals surface area contributed by atoms with Gasteiger partial charge in [0.25, 0.3) is 10.0 Å². The lowest BCUT2D eigenvalue weighted by molar-refractivity contribution is 0.128. The smallest absolute Gasteiger partial charge is 0.261 e. The Morgan fingerprint density at radius 2 is 2.16 bits per heavy atom. The van der Waals surface area contributed by atoms with Gasteiger partial charge < -0.3 is 4.74 Å². The number of rotatable bonds is 8. The van der Waals surface area contributed by atoms with E-state index in [1.165, 1.54) is 12.3 Å². The summed E-state index contributed by atoms with van der Waals surface area (Å²) in [5.74, 6) is -0.324. The number of nitrogens with one attached hydrogen (secondary N) is 1. The SMILES string of the molecule is CC(C)CCOCCNS(=O)(=O)c1ncccc1F. The molecule has 0 aliphatic rings. The van der Waals surface area contributed by atoms with Crippen LogP contribution in [-0.2, 0) is 14.8 Å². The molecular weight excluding hydrogens is 271 g/mol. The predicted octanol–water partition coefficient (Wildman–Crippen LogP) is 1.56. The minimum absolute atomic E-state index is 0.0937. The van der Waals surface area contributed by atoms with Gasteiger partial charge in [0.1, 0.15) is 0 Å². The van der Waals surface area contributed by atoms with Crippen molar-refractivity contribution in [2.45, 2.75) is 25.3 Å². The lowest BCUT2D eigenvalue weighted by Gasteiger charge is -2.08. The molecule has 0 radical (unpaired) electrons. The number of hydrogen-bond acceptors (Lipinski definition) is 4. The molecule has 0 amide bonds. The zero-order valence-electron chi connectivity index (χ0n) is 11.1. The number of halogens is 1. The van der Waals surface area contributed by atoms with Crippen molar-refractivity contribution in [3.8, 4) is 0 Å².